The number of ether oxygens (including phenoxy) is 2. The predicted molar refractivity (Wildman–Crippen MR) is 112 cm³/mol. The Morgan fingerprint density at radius 3 is 2.39 bits per heavy atom. The number of cyclic esters (lactones) is 1. The molecule has 0 saturated carbocycles. The molecule has 3 aromatic carbocycles. The Morgan fingerprint density at radius 2 is 1.64 bits per heavy atom. The first-order valence-corrected chi connectivity index (χ1v) is 9.52. The van der Waals surface area contributed by atoms with E-state index in [4.69, 9.17) is 9.47 Å². The average molecular weight is 434 g/mol. The Morgan fingerprint density at radius 1 is 0.929 bits per heavy atom. The van der Waals surface area contributed by atoms with Gasteiger partial charge in [-0.3, -0.25) is 0 Å². The first-order valence-electron chi connectivity index (χ1n) is 8.73. The van der Waals surface area contributed by atoms with E-state index in [1.54, 1.807) is 6.08 Å². The molecule has 0 atom stereocenters. The van der Waals surface area contributed by atoms with Gasteiger partial charge in [-0.05, 0) is 57.4 Å². The van der Waals surface area contributed by atoms with Crippen molar-refractivity contribution in [3.63, 3.8) is 0 Å². The first kappa shape index (κ1) is 18.2. The fourth-order valence-electron chi connectivity index (χ4n) is 2.72. The zero-order chi connectivity index (χ0) is 19.3. The third-order valence-electron chi connectivity index (χ3n) is 4.16. The van der Waals surface area contributed by atoms with Gasteiger partial charge in [0.25, 0.3) is 0 Å². The molecule has 0 bridgehead atoms. The van der Waals surface area contributed by atoms with Gasteiger partial charge in [0.1, 0.15) is 12.4 Å². The lowest BCUT2D eigenvalue weighted by Gasteiger charge is -2.06. The topological polar surface area (TPSA) is 47.9 Å². The van der Waals surface area contributed by atoms with Crippen molar-refractivity contribution >= 4 is 33.9 Å². The number of carbonyl (C=O) groups excluding carboxylic acids is 1. The number of carbonyl (C=O) groups is 1. The van der Waals surface area contributed by atoms with Crippen molar-refractivity contribution in [2.75, 3.05) is 0 Å². The van der Waals surface area contributed by atoms with Gasteiger partial charge in [0, 0.05) is 4.47 Å². The van der Waals surface area contributed by atoms with Gasteiger partial charge in [-0.15, -0.1) is 0 Å². The number of benzene rings is 3. The van der Waals surface area contributed by atoms with E-state index >= 15 is 0 Å². The molecule has 0 aromatic heterocycles. The summed E-state index contributed by atoms with van der Waals surface area (Å²) in [6, 6.07) is 25.0. The van der Waals surface area contributed by atoms with Crippen molar-refractivity contribution in [1.82, 2.24) is 0 Å². The maximum atomic E-state index is 12.2. The molecule has 4 rings (SSSR count). The van der Waals surface area contributed by atoms with Gasteiger partial charge in [-0.2, -0.15) is 0 Å². The normalized spacial score (nSPS) is 14.7. The minimum absolute atomic E-state index is 0.267. The molecular formula is C23H16BrNO3. The SMILES string of the molecule is O=C1OC(c2ccccc2Br)=N/C1=C\c1ccc(OCc2ccccc2)cc1. The van der Waals surface area contributed by atoms with Gasteiger partial charge in [0.05, 0.1) is 5.56 Å². The number of rotatable bonds is 5. The van der Waals surface area contributed by atoms with Crippen LogP contribution in [0.1, 0.15) is 16.7 Å². The number of aliphatic imine (C=N–C) groups is 1. The van der Waals surface area contributed by atoms with Gasteiger partial charge in [-0.25, -0.2) is 9.79 Å². The smallest absolute Gasteiger partial charge is 0.363 e. The molecule has 0 N–H and O–H groups in total. The number of hydrogen-bond acceptors (Lipinski definition) is 4. The summed E-state index contributed by atoms with van der Waals surface area (Å²) in [5.74, 6) is 0.596. The highest BCUT2D eigenvalue weighted by Gasteiger charge is 2.25. The summed E-state index contributed by atoms with van der Waals surface area (Å²) in [5.41, 5.74) is 2.96. The van der Waals surface area contributed by atoms with Crippen LogP contribution in [0.2, 0.25) is 0 Å². The van der Waals surface area contributed by atoms with Crippen LogP contribution in [0.3, 0.4) is 0 Å². The third-order valence-corrected chi connectivity index (χ3v) is 4.85. The summed E-state index contributed by atoms with van der Waals surface area (Å²) in [6.45, 7) is 0.507. The van der Waals surface area contributed by atoms with Crippen molar-refractivity contribution in [3.05, 3.63) is 106 Å². The van der Waals surface area contributed by atoms with Crippen LogP contribution in [0.4, 0.5) is 0 Å². The highest BCUT2D eigenvalue weighted by molar-refractivity contribution is 9.10. The van der Waals surface area contributed by atoms with Gasteiger partial charge in [0.15, 0.2) is 5.70 Å². The number of hydrogen-bond donors (Lipinski definition) is 0. The van der Waals surface area contributed by atoms with Gasteiger partial charge < -0.3 is 9.47 Å². The molecule has 138 valence electrons. The molecule has 4 nitrogen and oxygen atoms in total. The van der Waals surface area contributed by atoms with Crippen LogP contribution in [-0.2, 0) is 16.1 Å². The molecule has 0 fully saturated rings. The van der Waals surface area contributed by atoms with Crippen molar-refractivity contribution in [2.45, 2.75) is 6.61 Å². The molecule has 0 saturated heterocycles. The molecule has 3 aromatic rings. The van der Waals surface area contributed by atoms with E-state index in [0.717, 1.165) is 26.9 Å². The molecular weight excluding hydrogens is 418 g/mol. The summed E-state index contributed by atoms with van der Waals surface area (Å²) < 4.78 is 11.9. The summed E-state index contributed by atoms with van der Waals surface area (Å²) >= 11 is 3.45. The second-order valence-electron chi connectivity index (χ2n) is 6.16. The standard InChI is InChI=1S/C23H16BrNO3/c24-20-9-5-4-8-19(20)22-25-21(23(26)28-22)14-16-10-12-18(13-11-16)27-15-17-6-2-1-3-7-17/h1-14H,15H2/b21-14-. The van der Waals surface area contributed by atoms with E-state index < -0.39 is 5.97 Å². The molecule has 0 aliphatic carbocycles. The second kappa shape index (κ2) is 8.23. The lowest BCUT2D eigenvalue weighted by molar-refractivity contribution is -0.129. The Hall–Kier alpha value is -3.18. The molecule has 1 aliphatic heterocycles. The Kier molecular flexibility index (Phi) is 5.35. The number of halogens is 1. The van der Waals surface area contributed by atoms with E-state index in [1.807, 2.05) is 78.9 Å². The minimum Gasteiger partial charge on any atom is -0.489 e. The van der Waals surface area contributed by atoms with Crippen molar-refractivity contribution < 1.29 is 14.3 Å². The Bertz CT molecular complexity index is 1060. The molecule has 0 unspecified atom stereocenters. The van der Waals surface area contributed by atoms with Gasteiger partial charge in [-0.1, -0.05) is 54.6 Å². The van der Waals surface area contributed by atoms with Crippen LogP contribution in [0.25, 0.3) is 6.08 Å². The second-order valence-corrected chi connectivity index (χ2v) is 7.01. The zero-order valence-corrected chi connectivity index (χ0v) is 16.4. The molecule has 1 aliphatic rings. The summed E-state index contributed by atoms with van der Waals surface area (Å²) in [7, 11) is 0. The summed E-state index contributed by atoms with van der Waals surface area (Å²) in [5, 5.41) is 0. The highest BCUT2D eigenvalue weighted by Crippen LogP contribution is 2.24. The zero-order valence-electron chi connectivity index (χ0n) is 14.8. The maximum absolute atomic E-state index is 12.2. The highest BCUT2D eigenvalue weighted by atomic mass is 79.9. The van der Waals surface area contributed by atoms with E-state index in [0.29, 0.717) is 12.5 Å². The molecule has 1 heterocycles. The average Bonchev–Trinajstić information content (AvgIpc) is 3.08. The van der Waals surface area contributed by atoms with Crippen LogP contribution in [0.15, 0.2) is 94.0 Å². The maximum Gasteiger partial charge on any atom is 0.363 e. The molecule has 0 radical (unpaired) electrons. The molecule has 5 heteroatoms. The first-order chi connectivity index (χ1) is 13.7. The van der Waals surface area contributed by atoms with Crippen LogP contribution < -0.4 is 4.74 Å². The third kappa shape index (κ3) is 4.21. The van der Waals surface area contributed by atoms with Crippen LogP contribution >= 0.6 is 15.9 Å². The number of esters is 1. The van der Waals surface area contributed by atoms with Crippen LogP contribution in [0, 0.1) is 0 Å². The quantitative estimate of drug-likeness (QED) is 0.401. The van der Waals surface area contributed by atoms with Crippen molar-refractivity contribution in [2.24, 2.45) is 4.99 Å². The van der Waals surface area contributed by atoms with Crippen LogP contribution in [0.5, 0.6) is 5.75 Å². The molecule has 0 amide bonds. The largest absolute Gasteiger partial charge is 0.489 e. The Labute approximate surface area is 171 Å². The minimum atomic E-state index is -0.463. The Balaban J connectivity index is 1.48. The number of nitrogens with zero attached hydrogens (tertiary/aromatic N) is 1. The van der Waals surface area contributed by atoms with E-state index in [2.05, 4.69) is 20.9 Å². The fourth-order valence-corrected chi connectivity index (χ4v) is 3.17. The predicted octanol–water partition coefficient (Wildman–Crippen LogP) is 5.37. The monoisotopic (exact) mass is 433 g/mol. The molecule has 28 heavy (non-hydrogen) atoms. The van der Waals surface area contributed by atoms with E-state index in [9.17, 15) is 4.79 Å². The van der Waals surface area contributed by atoms with Gasteiger partial charge >= 0.3 is 5.97 Å². The fraction of sp³-hybridized carbons (Fsp3) is 0.0435. The lowest BCUT2D eigenvalue weighted by Crippen LogP contribution is -2.05. The summed E-state index contributed by atoms with van der Waals surface area (Å²) in [6.07, 6.45) is 1.70. The summed E-state index contributed by atoms with van der Waals surface area (Å²) in [4.78, 5) is 16.5. The van der Waals surface area contributed by atoms with Crippen LogP contribution in [-0.4, -0.2) is 11.9 Å². The van der Waals surface area contributed by atoms with E-state index in [-0.39, 0.29) is 5.70 Å². The lowest BCUT2D eigenvalue weighted by atomic mass is 10.2. The van der Waals surface area contributed by atoms with Crippen molar-refractivity contribution in [3.8, 4) is 5.75 Å². The van der Waals surface area contributed by atoms with Crippen molar-refractivity contribution in [1.29, 1.82) is 0 Å². The van der Waals surface area contributed by atoms with E-state index in [1.165, 1.54) is 0 Å². The molecule has 0 spiro atoms. The van der Waals surface area contributed by atoms with Gasteiger partial charge in [0.2, 0.25) is 5.90 Å².